The van der Waals surface area contributed by atoms with Crippen molar-refractivity contribution in [1.82, 2.24) is 0 Å². The van der Waals surface area contributed by atoms with Crippen LogP contribution in [-0.4, -0.2) is 34.9 Å². The Bertz CT molecular complexity index is 278. The molecule has 0 fully saturated rings. The smallest absolute Gasteiger partial charge is 0.375 e. The van der Waals surface area contributed by atoms with Crippen LogP contribution in [0.2, 0.25) is 0 Å². The minimum absolute atomic E-state index is 0.0554. The average molecular weight is 218 g/mol. The molecule has 0 rings (SSSR count). The van der Waals surface area contributed by atoms with Crippen LogP contribution in [0.3, 0.4) is 0 Å². The van der Waals surface area contributed by atoms with Crippen LogP contribution in [0.25, 0.3) is 0 Å². The minimum atomic E-state index is -1.46. The van der Waals surface area contributed by atoms with Crippen molar-refractivity contribution < 1.29 is 29.3 Å². The fraction of sp³-hybridized carbons (Fsp3) is 0.556. The largest absolute Gasteiger partial charge is 0.484 e. The standard InChI is InChI=1S/C9H14O6/c1-4-14-6(8(10)11)7(9(12)13)15-5(2)3/h5H,4H2,1-3H3,(H,10,11)(H,12,13)/b7-6-. The summed E-state index contributed by atoms with van der Waals surface area (Å²) in [5.74, 6) is -4.29. The maximum atomic E-state index is 10.7. The van der Waals surface area contributed by atoms with E-state index in [-0.39, 0.29) is 6.61 Å². The summed E-state index contributed by atoms with van der Waals surface area (Å²) in [6, 6.07) is 0. The Kier molecular flexibility index (Phi) is 5.22. The number of ether oxygens (including phenoxy) is 2. The van der Waals surface area contributed by atoms with Crippen LogP contribution < -0.4 is 0 Å². The molecule has 0 atom stereocenters. The maximum Gasteiger partial charge on any atom is 0.375 e. The van der Waals surface area contributed by atoms with Crippen molar-refractivity contribution >= 4 is 11.9 Å². The Morgan fingerprint density at radius 1 is 1.13 bits per heavy atom. The highest BCUT2D eigenvalue weighted by molar-refractivity contribution is 5.95. The van der Waals surface area contributed by atoms with Crippen LogP contribution in [0.15, 0.2) is 11.5 Å². The monoisotopic (exact) mass is 218 g/mol. The van der Waals surface area contributed by atoms with E-state index in [1.807, 2.05) is 0 Å². The number of carboxylic acids is 2. The second kappa shape index (κ2) is 5.90. The topological polar surface area (TPSA) is 93.1 Å². The maximum absolute atomic E-state index is 10.7. The lowest BCUT2D eigenvalue weighted by Crippen LogP contribution is -2.18. The Morgan fingerprint density at radius 2 is 1.60 bits per heavy atom. The first-order valence-corrected chi connectivity index (χ1v) is 4.40. The summed E-state index contributed by atoms with van der Waals surface area (Å²) in [4.78, 5) is 21.4. The predicted molar refractivity (Wildman–Crippen MR) is 50.1 cm³/mol. The second-order valence-electron chi connectivity index (χ2n) is 2.87. The third-order valence-corrected chi connectivity index (χ3v) is 1.24. The van der Waals surface area contributed by atoms with Crippen molar-refractivity contribution in [3.8, 4) is 0 Å². The van der Waals surface area contributed by atoms with Crippen LogP contribution >= 0.6 is 0 Å². The van der Waals surface area contributed by atoms with Gasteiger partial charge in [-0.25, -0.2) is 9.59 Å². The second-order valence-corrected chi connectivity index (χ2v) is 2.87. The van der Waals surface area contributed by atoms with Gasteiger partial charge in [0.25, 0.3) is 11.5 Å². The van der Waals surface area contributed by atoms with Gasteiger partial charge in [0, 0.05) is 0 Å². The quantitative estimate of drug-likeness (QED) is 0.506. The lowest BCUT2D eigenvalue weighted by Gasteiger charge is -2.13. The number of hydrogen-bond donors (Lipinski definition) is 2. The first kappa shape index (κ1) is 13.3. The Hall–Kier alpha value is -1.72. The van der Waals surface area contributed by atoms with Gasteiger partial charge in [0.05, 0.1) is 12.7 Å². The summed E-state index contributed by atoms with van der Waals surface area (Å²) < 4.78 is 9.56. The van der Waals surface area contributed by atoms with E-state index in [9.17, 15) is 9.59 Å². The van der Waals surface area contributed by atoms with Gasteiger partial charge in [-0.05, 0) is 20.8 Å². The highest BCUT2D eigenvalue weighted by Crippen LogP contribution is 2.11. The van der Waals surface area contributed by atoms with Gasteiger partial charge in [-0.3, -0.25) is 0 Å². The molecule has 15 heavy (non-hydrogen) atoms. The summed E-state index contributed by atoms with van der Waals surface area (Å²) in [6.45, 7) is 4.79. The SMILES string of the molecule is CCO/C(C(=O)O)=C(\OC(C)C)C(=O)O. The lowest BCUT2D eigenvalue weighted by molar-refractivity contribution is -0.143. The molecular formula is C9H14O6. The first-order valence-electron chi connectivity index (χ1n) is 4.40. The molecule has 0 spiro atoms. The molecule has 2 N–H and O–H groups in total. The fourth-order valence-electron chi connectivity index (χ4n) is 0.805. The zero-order valence-electron chi connectivity index (χ0n) is 8.81. The van der Waals surface area contributed by atoms with Crippen molar-refractivity contribution in [2.75, 3.05) is 6.61 Å². The van der Waals surface area contributed by atoms with Gasteiger partial charge in [0.15, 0.2) is 0 Å². The molecule has 0 radical (unpaired) electrons. The number of carboxylic acid groups (broad SMARTS) is 2. The lowest BCUT2D eigenvalue weighted by atomic mass is 10.3. The average Bonchev–Trinajstić information content (AvgIpc) is 2.09. The van der Waals surface area contributed by atoms with Crippen LogP contribution in [-0.2, 0) is 19.1 Å². The van der Waals surface area contributed by atoms with E-state index in [0.717, 1.165) is 0 Å². The fourth-order valence-corrected chi connectivity index (χ4v) is 0.805. The van der Waals surface area contributed by atoms with E-state index in [4.69, 9.17) is 19.7 Å². The Morgan fingerprint density at radius 3 is 1.87 bits per heavy atom. The summed E-state index contributed by atoms with van der Waals surface area (Å²) in [5.41, 5.74) is 0. The van der Waals surface area contributed by atoms with E-state index in [2.05, 4.69) is 0 Å². The van der Waals surface area contributed by atoms with Crippen LogP contribution in [0.1, 0.15) is 20.8 Å². The molecule has 0 heterocycles. The first-order chi connectivity index (χ1) is 6.90. The molecular weight excluding hydrogens is 204 g/mol. The van der Waals surface area contributed by atoms with Gasteiger partial charge in [0.1, 0.15) is 0 Å². The molecule has 6 nitrogen and oxygen atoms in total. The highest BCUT2D eigenvalue weighted by atomic mass is 16.6. The molecule has 0 aromatic carbocycles. The molecule has 0 aliphatic carbocycles. The third kappa shape index (κ3) is 4.35. The summed E-state index contributed by atoms with van der Waals surface area (Å²) >= 11 is 0. The predicted octanol–water partition coefficient (Wildman–Crippen LogP) is 0.829. The van der Waals surface area contributed by atoms with Gasteiger partial charge in [-0.15, -0.1) is 0 Å². The zero-order valence-corrected chi connectivity index (χ0v) is 8.81. The molecule has 6 heteroatoms. The highest BCUT2D eigenvalue weighted by Gasteiger charge is 2.24. The van der Waals surface area contributed by atoms with Crippen molar-refractivity contribution in [2.45, 2.75) is 26.9 Å². The van der Waals surface area contributed by atoms with E-state index in [0.29, 0.717) is 0 Å². The van der Waals surface area contributed by atoms with Crippen molar-refractivity contribution in [1.29, 1.82) is 0 Å². The van der Waals surface area contributed by atoms with Gasteiger partial charge in [-0.2, -0.15) is 0 Å². The molecule has 0 aliphatic rings. The van der Waals surface area contributed by atoms with Crippen molar-refractivity contribution in [3.05, 3.63) is 11.5 Å². The van der Waals surface area contributed by atoms with E-state index < -0.39 is 29.6 Å². The number of aliphatic carboxylic acids is 2. The molecule has 0 aliphatic heterocycles. The molecule has 0 bridgehead atoms. The number of hydrogen-bond acceptors (Lipinski definition) is 4. The van der Waals surface area contributed by atoms with Crippen LogP contribution in [0.5, 0.6) is 0 Å². The van der Waals surface area contributed by atoms with Crippen LogP contribution in [0.4, 0.5) is 0 Å². The molecule has 0 unspecified atom stereocenters. The van der Waals surface area contributed by atoms with Gasteiger partial charge >= 0.3 is 11.9 Å². The zero-order chi connectivity index (χ0) is 12.0. The van der Waals surface area contributed by atoms with Crippen molar-refractivity contribution in [3.63, 3.8) is 0 Å². The van der Waals surface area contributed by atoms with E-state index >= 15 is 0 Å². The molecule has 0 aromatic rings. The van der Waals surface area contributed by atoms with Crippen LogP contribution in [0, 0.1) is 0 Å². The minimum Gasteiger partial charge on any atom is -0.484 e. The Labute approximate surface area is 87.1 Å². The molecule has 0 saturated heterocycles. The van der Waals surface area contributed by atoms with Gasteiger partial charge in [-0.1, -0.05) is 0 Å². The number of rotatable bonds is 6. The molecule has 86 valence electrons. The summed E-state index contributed by atoms with van der Waals surface area (Å²) in [5, 5.41) is 17.5. The van der Waals surface area contributed by atoms with Gasteiger partial charge < -0.3 is 19.7 Å². The summed E-state index contributed by atoms with van der Waals surface area (Å²) in [6.07, 6.45) is -0.439. The van der Waals surface area contributed by atoms with Gasteiger partial charge in [0.2, 0.25) is 0 Å². The normalized spacial score (nSPS) is 12.0. The van der Waals surface area contributed by atoms with E-state index in [1.165, 1.54) is 0 Å². The number of carbonyl (C=O) groups is 2. The molecule has 0 amide bonds. The molecule has 0 saturated carbocycles. The third-order valence-electron chi connectivity index (χ3n) is 1.24. The van der Waals surface area contributed by atoms with E-state index in [1.54, 1.807) is 20.8 Å². The van der Waals surface area contributed by atoms with Crippen molar-refractivity contribution in [2.24, 2.45) is 0 Å². The summed E-state index contributed by atoms with van der Waals surface area (Å²) in [7, 11) is 0. The molecule has 0 aromatic heterocycles. The Balaban J connectivity index is 5.15.